The van der Waals surface area contributed by atoms with E-state index in [1.165, 1.54) is 12.1 Å². The van der Waals surface area contributed by atoms with E-state index in [-0.39, 0.29) is 18.3 Å². The van der Waals surface area contributed by atoms with Crippen molar-refractivity contribution in [3.05, 3.63) is 83.1 Å². The molecule has 3 aromatic carbocycles. The first kappa shape index (κ1) is 19.7. The Morgan fingerprint density at radius 1 is 1.00 bits per heavy atom. The highest BCUT2D eigenvalue weighted by Crippen LogP contribution is 2.35. The van der Waals surface area contributed by atoms with Gasteiger partial charge in [-0.1, -0.05) is 23.7 Å². The lowest BCUT2D eigenvalue weighted by Gasteiger charge is -2.29. The maximum Gasteiger partial charge on any atom is 0.323 e. The summed E-state index contributed by atoms with van der Waals surface area (Å²) in [5.74, 6) is -0.0610. The Bertz CT molecular complexity index is 1090. The van der Waals surface area contributed by atoms with Gasteiger partial charge >= 0.3 is 6.03 Å². The molecule has 0 saturated carbocycles. The lowest BCUT2D eigenvalue weighted by Crippen LogP contribution is -2.38. The zero-order valence-corrected chi connectivity index (χ0v) is 16.4. The first-order valence-corrected chi connectivity index (χ1v) is 9.51. The van der Waals surface area contributed by atoms with Crippen molar-refractivity contribution in [2.24, 2.45) is 0 Å². The molecule has 0 unspecified atom stereocenters. The summed E-state index contributed by atoms with van der Waals surface area (Å²) in [7, 11) is 0. The third-order valence-electron chi connectivity index (χ3n) is 4.52. The molecule has 1 aliphatic heterocycles. The van der Waals surface area contributed by atoms with Crippen LogP contribution in [0.25, 0.3) is 0 Å². The van der Waals surface area contributed by atoms with Crippen LogP contribution in [-0.4, -0.2) is 18.5 Å². The van der Waals surface area contributed by atoms with Gasteiger partial charge < -0.3 is 20.3 Å². The summed E-state index contributed by atoms with van der Waals surface area (Å²) < 4.78 is 18.7. The van der Waals surface area contributed by atoms with Crippen molar-refractivity contribution >= 4 is 40.6 Å². The molecule has 0 aromatic heterocycles. The highest BCUT2D eigenvalue weighted by molar-refractivity contribution is 6.30. The zero-order valence-electron chi connectivity index (χ0n) is 15.7. The van der Waals surface area contributed by atoms with Gasteiger partial charge in [-0.2, -0.15) is 0 Å². The molecular weight excluding hydrogens is 409 g/mol. The van der Waals surface area contributed by atoms with Gasteiger partial charge in [-0.05, 0) is 54.1 Å². The van der Waals surface area contributed by atoms with Crippen molar-refractivity contribution in [1.29, 1.82) is 0 Å². The van der Waals surface area contributed by atoms with E-state index in [9.17, 15) is 14.0 Å². The molecule has 0 bridgehead atoms. The molecule has 0 saturated heterocycles. The van der Waals surface area contributed by atoms with Crippen LogP contribution in [0.3, 0.4) is 0 Å². The van der Waals surface area contributed by atoms with Crippen molar-refractivity contribution in [2.75, 3.05) is 22.1 Å². The average Bonchev–Trinajstić information content (AvgIpc) is 2.73. The molecule has 30 heavy (non-hydrogen) atoms. The first-order chi connectivity index (χ1) is 14.5. The maximum atomic E-state index is 13.1. The molecule has 2 N–H and O–H groups in total. The molecule has 0 fully saturated rings. The summed E-state index contributed by atoms with van der Waals surface area (Å²) >= 11 is 5.84. The lowest BCUT2D eigenvalue weighted by molar-refractivity contribution is -0.121. The van der Waals surface area contributed by atoms with E-state index in [1.807, 2.05) is 0 Å². The number of rotatable bonds is 4. The average molecular weight is 426 g/mol. The van der Waals surface area contributed by atoms with Gasteiger partial charge in [0, 0.05) is 22.5 Å². The van der Waals surface area contributed by atoms with E-state index in [4.69, 9.17) is 16.3 Å². The quantitative estimate of drug-likeness (QED) is 0.614. The van der Waals surface area contributed by atoms with Crippen LogP contribution in [0.15, 0.2) is 66.7 Å². The second-order valence-electron chi connectivity index (χ2n) is 6.66. The molecule has 3 amide bonds. The third-order valence-corrected chi connectivity index (χ3v) is 4.77. The SMILES string of the molecule is O=C(Nc1ccc(Cl)cc1)Nc1ccc2c(c1)OCC(=O)N2Cc1ccc(F)cc1. The van der Waals surface area contributed by atoms with Gasteiger partial charge in [0.25, 0.3) is 5.91 Å². The summed E-state index contributed by atoms with van der Waals surface area (Å²) in [6.07, 6.45) is 0. The molecule has 1 heterocycles. The maximum absolute atomic E-state index is 13.1. The minimum Gasteiger partial charge on any atom is -0.481 e. The number of urea groups is 1. The number of nitrogens with one attached hydrogen (secondary N) is 2. The van der Waals surface area contributed by atoms with E-state index >= 15 is 0 Å². The first-order valence-electron chi connectivity index (χ1n) is 9.13. The molecule has 0 spiro atoms. The minimum absolute atomic E-state index is 0.116. The van der Waals surface area contributed by atoms with E-state index in [0.29, 0.717) is 34.4 Å². The second-order valence-corrected chi connectivity index (χ2v) is 7.10. The fourth-order valence-corrected chi connectivity index (χ4v) is 3.18. The Hall–Kier alpha value is -3.58. The van der Waals surface area contributed by atoms with Crippen LogP contribution in [0.5, 0.6) is 5.75 Å². The van der Waals surface area contributed by atoms with Crippen LogP contribution in [-0.2, 0) is 11.3 Å². The van der Waals surface area contributed by atoms with Crippen LogP contribution in [0.2, 0.25) is 5.02 Å². The largest absolute Gasteiger partial charge is 0.481 e. The van der Waals surface area contributed by atoms with Crippen LogP contribution >= 0.6 is 11.6 Å². The molecule has 0 atom stereocenters. The van der Waals surface area contributed by atoms with Gasteiger partial charge in [0.15, 0.2) is 6.61 Å². The topological polar surface area (TPSA) is 70.7 Å². The van der Waals surface area contributed by atoms with Crippen LogP contribution in [0, 0.1) is 5.82 Å². The van der Waals surface area contributed by atoms with Crippen molar-refractivity contribution < 1.29 is 18.7 Å². The van der Waals surface area contributed by atoms with Crippen LogP contribution in [0.1, 0.15) is 5.56 Å². The number of fused-ring (bicyclic) bond motifs is 1. The van der Waals surface area contributed by atoms with Crippen molar-refractivity contribution in [1.82, 2.24) is 0 Å². The van der Waals surface area contributed by atoms with Crippen molar-refractivity contribution in [2.45, 2.75) is 6.54 Å². The molecule has 1 aliphatic rings. The zero-order chi connectivity index (χ0) is 21.1. The van der Waals surface area contributed by atoms with Gasteiger partial charge in [-0.3, -0.25) is 4.79 Å². The molecule has 0 aliphatic carbocycles. The smallest absolute Gasteiger partial charge is 0.323 e. The van der Waals surface area contributed by atoms with Gasteiger partial charge in [0.2, 0.25) is 0 Å². The number of benzene rings is 3. The molecule has 3 aromatic rings. The van der Waals surface area contributed by atoms with Gasteiger partial charge in [0.1, 0.15) is 11.6 Å². The molecular formula is C22H17ClFN3O3. The van der Waals surface area contributed by atoms with Crippen LogP contribution in [0.4, 0.5) is 26.2 Å². The predicted molar refractivity (Wildman–Crippen MR) is 114 cm³/mol. The Balaban J connectivity index is 1.48. The lowest BCUT2D eigenvalue weighted by atomic mass is 10.1. The number of hydrogen-bond acceptors (Lipinski definition) is 3. The van der Waals surface area contributed by atoms with Crippen molar-refractivity contribution in [3.8, 4) is 5.75 Å². The number of anilines is 3. The van der Waals surface area contributed by atoms with Crippen LogP contribution < -0.4 is 20.3 Å². The minimum atomic E-state index is -0.424. The highest BCUT2D eigenvalue weighted by Gasteiger charge is 2.26. The monoisotopic (exact) mass is 425 g/mol. The van der Waals surface area contributed by atoms with E-state index in [2.05, 4.69) is 10.6 Å². The summed E-state index contributed by atoms with van der Waals surface area (Å²) in [4.78, 5) is 26.2. The van der Waals surface area contributed by atoms with Crippen molar-refractivity contribution in [3.63, 3.8) is 0 Å². The van der Waals surface area contributed by atoms with Gasteiger partial charge in [-0.25, -0.2) is 9.18 Å². The summed E-state index contributed by atoms with van der Waals surface area (Å²) in [6.45, 7) is 0.175. The Kier molecular flexibility index (Phi) is 5.54. The summed E-state index contributed by atoms with van der Waals surface area (Å²) in [5, 5.41) is 6.01. The van der Waals surface area contributed by atoms with Gasteiger partial charge in [-0.15, -0.1) is 0 Å². The summed E-state index contributed by atoms with van der Waals surface area (Å²) in [6, 6.07) is 17.3. The fourth-order valence-electron chi connectivity index (χ4n) is 3.05. The number of hydrogen-bond donors (Lipinski definition) is 2. The Labute approximate surface area is 177 Å². The van der Waals surface area contributed by atoms with E-state index in [1.54, 1.807) is 59.5 Å². The number of amides is 3. The Morgan fingerprint density at radius 3 is 2.40 bits per heavy atom. The number of ether oxygens (including phenoxy) is 1. The molecule has 6 nitrogen and oxygen atoms in total. The second kappa shape index (κ2) is 8.42. The number of nitrogens with zero attached hydrogens (tertiary/aromatic N) is 1. The molecule has 152 valence electrons. The standard InChI is InChI=1S/C22H17ClFN3O3/c23-15-3-7-17(8-4-15)25-22(29)26-18-9-10-19-20(11-18)30-13-21(28)27(19)12-14-1-5-16(24)6-2-14/h1-11H,12-13H2,(H2,25,26,29). The number of carbonyl (C=O) groups excluding carboxylic acids is 2. The Morgan fingerprint density at radius 2 is 1.67 bits per heavy atom. The number of carbonyl (C=O) groups is 2. The highest BCUT2D eigenvalue weighted by atomic mass is 35.5. The normalized spacial score (nSPS) is 12.7. The van der Waals surface area contributed by atoms with E-state index in [0.717, 1.165) is 5.56 Å². The summed E-state index contributed by atoms with van der Waals surface area (Å²) in [5.41, 5.74) is 2.49. The van der Waals surface area contributed by atoms with Gasteiger partial charge in [0.05, 0.1) is 12.2 Å². The fraction of sp³-hybridized carbons (Fsp3) is 0.0909. The number of halogens is 2. The predicted octanol–water partition coefficient (Wildman–Crippen LogP) is 5.05. The third kappa shape index (κ3) is 4.52. The molecule has 0 radical (unpaired) electrons. The molecule has 8 heteroatoms. The molecule has 4 rings (SSSR count). The van der Waals surface area contributed by atoms with E-state index < -0.39 is 6.03 Å².